The molecule has 2 N–H and O–H groups in total. The van der Waals surface area contributed by atoms with Crippen molar-refractivity contribution in [2.24, 2.45) is 10.7 Å². The Morgan fingerprint density at radius 1 is 1.60 bits per heavy atom. The Hall–Kier alpha value is -1.45. The SMILES string of the molecule is CN=C(N)c1ccnnc1. The lowest BCUT2D eigenvalue weighted by molar-refractivity contribution is 1.03. The number of nitrogens with zero attached hydrogens (tertiary/aromatic N) is 3. The van der Waals surface area contributed by atoms with E-state index in [1.165, 1.54) is 0 Å². The minimum absolute atomic E-state index is 0.481. The van der Waals surface area contributed by atoms with Crippen LogP contribution < -0.4 is 5.73 Å². The standard InChI is InChI=1S/C6H8N4/c1-8-6(7)5-2-3-9-10-4-5/h2-4H,1H3,(H2,7,8). The molecule has 0 amide bonds. The Kier molecular flexibility index (Phi) is 1.94. The number of nitrogens with two attached hydrogens (primary N) is 1. The molecule has 4 heteroatoms. The van der Waals surface area contributed by atoms with Crippen LogP contribution in [-0.2, 0) is 0 Å². The summed E-state index contributed by atoms with van der Waals surface area (Å²) in [5.74, 6) is 0.481. The van der Waals surface area contributed by atoms with E-state index in [1.807, 2.05) is 0 Å². The number of hydrogen-bond donors (Lipinski definition) is 1. The lowest BCUT2D eigenvalue weighted by Crippen LogP contribution is -2.13. The smallest absolute Gasteiger partial charge is 0.127 e. The van der Waals surface area contributed by atoms with Crippen LogP contribution in [0.5, 0.6) is 0 Å². The summed E-state index contributed by atoms with van der Waals surface area (Å²) in [6.45, 7) is 0. The van der Waals surface area contributed by atoms with Crippen molar-refractivity contribution in [3.05, 3.63) is 24.0 Å². The second-order valence-electron chi connectivity index (χ2n) is 1.74. The molecule has 0 fully saturated rings. The first-order chi connectivity index (χ1) is 4.84. The molecule has 0 aromatic carbocycles. The highest BCUT2D eigenvalue weighted by molar-refractivity contribution is 5.96. The monoisotopic (exact) mass is 136 g/mol. The Labute approximate surface area is 58.8 Å². The molecule has 1 heterocycles. The molecule has 0 saturated heterocycles. The lowest BCUT2D eigenvalue weighted by Gasteiger charge is -1.94. The Bertz CT molecular complexity index is 229. The number of hydrogen-bond acceptors (Lipinski definition) is 3. The quantitative estimate of drug-likeness (QED) is 0.430. The van der Waals surface area contributed by atoms with Gasteiger partial charge < -0.3 is 5.73 Å². The van der Waals surface area contributed by atoms with E-state index in [1.54, 1.807) is 25.5 Å². The average Bonchev–Trinajstić information content (AvgIpc) is 2.05. The number of aromatic nitrogens is 2. The van der Waals surface area contributed by atoms with Crippen molar-refractivity contribution in [2.75, 3.05) is 7.05 Å². The summed E-state index contributed by atoms with van der Waals surface area (Å²) in [7, 11) is 1.63. The molecule has 0 saturated carbocycles. The molecule has 0 atom stereocenters. The Morgan fingerprint density at radius 3 is 2.90 bits per heavy atom. The molecular weight excluding hydrogens is 128 g/mol. The molecule has 0 aliphatic carbocycles. The molecule has 10 heavy (non-hydrogen) atoms. The summed E-state index contributed by atoms with van der Waals surface area (Å²) < 4.78 is 0. The molecule has 1 rings (SSSR count). The number of amidine groups is 1. The maximum atomic E-state index is 5.48. The van der Waals surface area contributed by atoms with Gasteiger partial charge in [0.1, 0.15) is 5.84 Å². The second-order valence-corrected chi connectivity index (χ2v) is 1.74. The molecule has 0 spiro atoms. The fourth-order valence-corrected chi connectivity index (χ4v) is 0.571. The third kappa shape index (κ3) is 1.28. The summed E-state index contributed by atoms with van der Waals surface area (Å²) in [6.07, 6.45) is 3.15. The van der Waals surface area contributed by atoms with Gasteiger partial charge in [0.25, 0.3) is 0 Å². The summed E-state index contributed by atoms with van der Waals surface area (Å²) >= 11 is 0. The molecule has 0 aliphatic rings. The second kappa shape index (κ2) is 2.91. The van der Waals surface area contributed by atoms with Gasteiger partial charge in [-0.15, -0.1) is 0 Å². The molecule has 0 radical (unpaired) electrons. The van der Waals surface area contributed by atoms with Crippen LogP contribution in [0.2, 0.25) is 0 Å². The van der Waals surface area contributed by atoms with Crippen LogP contribution in [0.1, 0.15) is 5.56 Å². The van der Waals surface area contributed by atoms with Crippen molar-refractivity contribution >= 4 is 5.84 Å². The van der Waals surface area contributed by atoms with Gasteiger partial charge in [-0.05, 0) is 6.07 Å². The van der Waals surface area contributed by atoms with Gasteiger partial charge in [-0.3, -0.25) is 4.99 Å². The van der Waals surface area contributed by atoms with Gasteiger partial charge in [-0.25, -0.2) is 0 Å². The molecule has 0 unspecified atom stereocenters. The lowest BCUT2D eigenvalue weighted by atomic mass is 10.3. The van der Waals surface area contributed by atoms with Crippen molar-refractivity contribution in [2.45, 2.75) is 0 Å². The van der Waals surface area contributed by atoms with Gasteiger partial charge in [0.2, 0.25) is 0 Å². The third-order valence-electron chi connectivity index (χ3n) is 1.12. The van der Waals surface area contributed by atoms with Gasteiger partial charge >= 0.3 is 0 Å². The van der Waals surface area contributed by atoms with Gasteiger partial charge in [-0.2, -0.15) is 10.2 Å². The van der Waals surface area contributed by atoms with E-state index in [0.717, 1.165) is 5.56 Å². The van der Waals surface area contributed by atoms with Crippen LogP contribution in [0.3, 0.4) is 0 Å². The zero-order valence-electron chi connectivity index (χ0n) is 5.65. The average molecular weight is 136 g/mol. The Balaban J connectivity index is 2.96. The van der Waals surface area contributed by atoms with Crippen molar-refractivity contribution in [1.82, 2.24) is 10.2 Å². The highest BCUT2D eigenvalue weighted by atomic mass is 15.1. The first kappa shape index (κ1) is 6.67. The summed E-state index contributed by atoms with van der Waals surface area (Å²) in [5, 5.41) is 7.24. The molecule has 0 bridgehead atoms. The zero-order chi connectivity index (χ0) is 7.40. The van der Waals surface area contributed by atoms with E-state index in [0.29, 0.717) is 5.84 Å². The molecule has 4 nitrogen and oxygen atoms in total. The van der Waals surface area contributed by atoms with Crippen LogP contribution in [-0.4, -0.2) is 23.1 Å². The van der Waals surface area contributed by atoms with Crippen LogP contribution in [0, 0.1) is 0 Å². The summed E-state index contributed by atoms with van der Waals surface area (Å²) in [4.78, 5) is 3.79. The van der Waals surface area contributed by atoms with Crippen molar-refractivity contribution in [1.29, 1.82) is 0 Å². The third-order valence-corrected chi connectivity index (χ3v) is 1.12. The Morgan fingerprint density at radius 2 is 2.40 bits per heavy atom. The van der Waals surface area contributed by atoms with Gasteiger partial charge in [-0.1, -0.05) is 0 Å². The fraction of sp³-hybridized carbons (Fsp3) is 0.167. The first-order valence-corrected chi connectivity index (χ1v) is 2.84. The van der Waals surface area contributed by atoms with Crippen molar-refractivity contribution in [3.8, 4) is 0 Å². The minimum Gasteiger partial charge on any atom is -0.383 e. The largest absolute Gasteiger partial charge is 0.383 e. The highest BCUT2D eigenvalue weighted by Gasteiger charge is 1.93. The number of rotatable bonds is 1. The molecule has 1 aromatic rings. The van der Waals surface area contributed by atoms with Crippen molar-refractivity contribution < 1.29 is 0 Å². The van der Waals surface area contributed by atoms with Crippen molar-refractivity contribution in [3.63, 3.8) is 0 Å². The van der Waals surface area contributed by atoms with E-state index in [4.69, 9.17) is 5.73 Å². The molecular formula is C6H8N4. The van der Waals surface area contributed by atoms with Gasteiger partial charge in [0.15, 0.2) is 0 Å². The molecule has 0 aliphatic heterocycles. The van der Waals surface area contributed by atoms with E-state index < -0.39 is 0 Å². The normalized spacial score (nSPS) is 11.5. The summed E-state index contributed by atoms with van der Waals surface area (Å²) in [5.41, 5.74) is 6.28. The first-order valence-electron chi connectivity index (χ1n) is 2.84. The van der Waals surface area contributed by atoms with Gasteiger partial charge in [0, 0.05) is 12.6 Å². The number of aliphatic imine (C=N–C) groups is 1. The van der Waals surface area contributed by atoms with Crippen LogP contribution in [0.15, 0.2) is 23.5 Å². The van der Waals surface area contributed by atoms with Crippen LogP contribution in [0.4, 0.5) is 0 Å². The van der Waals surface area contributed by atoms with Crippen LogP contribution >= 0.6 is 0 Å². The van der Waals surface area contributed by atoms with Gasteiger partial charge in [0.05, 0.1) is 12.4 Å². The predicted octanol–water partition coefficient (Wildman–Crippen LogP) is -0.188. The minimum atomic E-state index is 0.481. The van der Waals surface area contributed by atoms with Crippen LogP contribution in [0.25, 0.3) is 0 Å². The van der Waals surface area contributed by atoms with E-state index in [9.17, 15) is 0 Å². The maximum absolute atomic E-state index is 5.48. The molecule has 1 aromatic heterocycles. The van der Waals surface area contributed by atoms with E-state index in [-0.39, 0.29) is 0 Å². The fourth-order valence-electron chi connectivity index (χ4n) is 0.571. The maximum Gasteiger partial charge on any atom is 0.127 e. The topological polar surface area (TPSA) is 64.2 Å². The van der Waals surface area contributed by atoms with E-state index in [2.05, 4.69) is 15.2 Å². The predicted molar refractivity (Wildman–Crippen MR) is 38.7 cm³/mol. The highest BCUT2D eigenvalue weighted by Crippen LogP contribution is 1.91. The summed E-state index contributed by atoms with van der Waals surface area (Å²) in [6, 6.07) is 1.76. The van der Waals surface area contributed by atoms with E-state index >= 15 is 0 Å². The zero-order valence-corrected chi connectivity index (χ0v) is 5.65. The molecule has 52 valence electrons.